The molecule has 0 saturated carbocycles. The SMILES string of the molecule is ClCCc1nnc(Nc2ccc(Br)c3ccccc23)o1. The van der Waals surface area contributed by atoms with Crippen molar-refractivity contribution in [3.63, 3.8) is 0 Å². The van der Waals surface area contributed by atoms with Crippen molar-refractivity contribution in [2.45, 2.75) is 6.42 Å². The number of rotatable bonds is 4. The number of hydrogen-bond acceptors (Lipinski definition) is 4. The van der Waals surface area contributed by atoms with Gasteiger partial charge in [0.2, 0.25) is 5.89 Å². The van der Waals surface area contributed by atoms with Crippen molar-refractivity contribution < 1.29 is 4.42 Å². The van der Waals surface area contributed by atoms with Gasteiger partial charge in [-0.15, -0.1) is 16.7 Å². The minimum Gasteiger partial charge on any atom is -0.408 e. The van der Waals surface area contributed by atoms with Gasteiger partial charge in [-0.2, -0.15) is 0 Å². The molecule has 0 fully saturated rings. The Morgan fingerprint density at radius 2 is 1.90 bits per heavy atom. The molecule has 0 amide bonds. The summed E-state index contributed by atoms with van der Waals surface area (Å²) in [6.07, 6.45) is 0.567. The third-order valence-electron chi connectivity index (χ3n) is 2.89. The van der Waals surface area contributed by atoms with Gasteiger partial charge in [-0.25, -0.2) is 0 Å². The molecule has 0 saturated heterocycles. The van der Waals surface area contributed by atoms with Crippen molar-refractivity contribution in [2.75, 3.05) is 11.2 Å². The first-order chi connectivity index (χ1) is 9.78. The first kappa shape index (κ1) is 13.4. The number of aryl methyl sites for hydroxylation is 1. The van der Waals surface area contributed by atoms with Gasteiger partial charge in [0.05, 0.1) is 5.69 Å². The van der Waals surface area contributed by atoms with Gasteiger partial charge in [-0.05, 0) is 17.5 Å². The molecular formula is C14H11BrClN3O. The summed E-state index contributed by atoms with van der Waals surface area (Å²) in [5.41, 5.74) is 0.921. The van der Waals surface area contributed by atoms with E-state index in [0.29, 0.717) is 24.2 Å². The third-order valence-corrected chi connectivity index (χ3v) is 3.77. The zero-order valence-electron chi connectivity index (χ0n) is 10.4. The average molecular weight is 353 g/mol. The Balaban J connectivity index is 1.96. The van der Waals surface area contributed by atoms with Crippen LogP contribution in [0.1, 0.15) is 5.89 Å². The normalized spacial score (nSPS) is 10.9. The highest BCUT2D eigenvalue weighted by Gasteiger charge is 2.09. The topological polar surface area (TPSA) is 51.0 Å². The van der Waals surface area contributed by atoms with Crippen LogP contribution in [0.4, 0.5) is 11.7 Å². The molecule has 1 heterocycles. The van der Waals surface area contributed by atoms with Gasteiger partial charge in [-0.1, -0.05) is 45.3 Å². The van der Waals surface area contributed by atoms with Gasteiger partial charge in [-0.3, -0.25) is 0 Å². The van der Waals surface area contributed by atoms with E-state index in [1.807, 2.05) is 30.3 Å². The quantitative estimate of drug-likeness (QED) is 0.702. The summed E-state index contributed by atoms with van der Waals surface area (Å²) in [6.45, 7) is 0. The van der Waals surface area contributed by atoms with Crippen LogP contribution in [-0.2, 0) is 6.42 Å². The largest absolute Gasteiger partial charge is 0.408 e. The Labute approximate surface area is 129 Å². The molecule has 4 nitrogen and oxygen atoms in total. The number of anilines is 2. The van der Waals surface area contributed by atoms with E-state index in [1.165, 1.54) is 0 Å². The van der Waals surface area contributed by atoms with E-state index in [-0.39, 0.29) is 0 Å². The van der Waals surface area contributed by atoms with Crippen molar-refractivity contribution in [2.24, 2.45) is 0 Å². The van der Waals surface area contributed by atoms with Crippen LogP contribution in [0, 0.1) is 0 Å². The fourth-order valence-electron chi connectivity index (χ4n) is 1.97. The summed E-state index contributed by atoms with van der Waals surface area (Å²) in [5, 5.41) is 13.2. The number of aromatic nitrogens is 2. The maximum absolute atomic E-state index is 5.65. The van der Waals surface area contributed by atoms with Crippen molar-refractivity contribution >= 4 is 50.0 Å². The maximum Gasteiger partial charge on any atom is 0.320 e. The van der Waals surface area contributed by atoms with E-state index < -0.39 is 0 Å². The van der Waals surface area contributed by atoms with E-state index in [2.05, 4.69) is 37.5 Å². The van der Waals surface area contributed by atoms with E-state index in [4.69, 9.17) is 16.0 Å². The summed E-state index contributed by atoms with van der Waals surface area (Å²) in [4.78, 5) is 0. The molecule has 0 aliphatic carbocycles. The van der Waals surface area contributed by atoms with Crippen molar-refractivity contribution in [3.8, 4) is 0 Å². The highest BCUT2D eigenvalue weighted by atomic mass is 79.9. The van der Waals surface area contributed by atoms with Gasteiger partial charge in [0.1, 0.15) is 0 Å². The van der Waals surface area contributed by atoms with Crippen molar-refractivity contribution in [3.05, 3.63) is 46.8 Å². The highest BCUT2D eigenvalue weighted by Crippen LogP contribution is 2.31. The molecule has 1 N–H and O–H groups in total. The lowest BCUT2D eigenvalue weighted by Gasteiger charge is -2.07. The molecule has 0 spiro atoms. The molecule has 3 rings (SSSR count). The van der Waals surface area contributed by atoms with Crippen molar-refractivity contribution in [1.82, 2.24) is 10.2 Å². The minimum absolute atomic E-state index is 0.373. The molecule has 0 bridgehead atoms. The van der Waals surface area contributed by atoms with Crippen LogP contribution in [-0.4, -0.2) is 16.1 Å². The Kier molecular flexibility index (Phi) is 3.89. The fraction of sp³-hybridized carbons (Fsp3) is 0.143. The van der Waals surface area contributed by atoms with Crippen LogP contribution in [0.3, 0.4) is 0 Å². The summed E-state index contributed by atoms with van der Waals surface area (Å²) in [6, 6.07) is 12.4. The predicted molar refractivity (Wildman–Crippen MR) is 83.7 cm³/mol. The Morgan fingerprint density at radius 1 is 1.10 bits per heavy atom. The summed E-state index contributed by atoms with van der Waals surface area (Å²) < 4.78 is 6.53. The first-order valence-electron chi connectivity index (χ1n) is 6.10. The summed E-state index contributed by atoms with van der Waals surface area (Å²) in [7, 11) is 0. The van der Waals surface area contributed by atoms with Crippen LogP contribution in [0.2, 0.25) is 0 Å². The Bertz CT molecular complexity index is 744. The number of halogens is 2. The number of alkyl halides is 1. The first-order valence-corrected chi connectivity index (χ1v) is 7.43. The fourth-order valence-corrected chi connectivity index (χ4v) is 2.61. The number of fused-ring (bicyclic) bond motifs is 1. The number of nitrogens with zero attached hydrogens (tertiary/aromatic N) is 2. The second-order valence-electron chi connectivity index (χ2n) is 4.21. The van der Waals surface area contributed by atoms with Crippen LogP contribution >= 0.6 is 27.5 Å². The average Bonchev–Trinajstić information content (AvgIpc) is 2.90. The van der Waals surface area contributed by atoms with E-state index in [0.717, 1.165) is 20.9 Å². The Morgan fingerprint density at radius 3 is 2.70 bits per heavy atom. The molecule has 0 aliphatic rings. The summed E-state index contributed by atoms with van der Waals surface area (Å²) in [5.74, 6) is 0.993. The molecule has 2 aromatic carbocycles. The smallest absolute Gasteiger partial charge is 0.320 e. The monoisotopic (exact) mass is 351 g/mol. The zero-order valence-corrected chi connectivity index (χ0v) is 12.8. The second-order valence-corrected chi connectivity index (χ2v) is 5.44. The van der Waals surface area contributed by atoms with Gasteiger partial charge < -0.3 is 9.73 Å². The lowest BCUT2D eigenvalue weighted by Crippen LogP contribution is -1.92. The predicted octanol–water partition coefficient (Wildman–Crippen LogP) is 4.51. The van der Waals surface area contributed by atoms with Crippen LogP contribution in [0.5, 0.6) is 0 Å². The molecule has 0 aliphatic heterocycles. The molecule has 3 aromatic rings. The van der Waals surface area contributed by atoms with E-state index in [9.17, 15) is 0 Å². The van der Waals surface area contributed by atoms with E-state index in [1.54, 1.807) is 0 Å². The molecular weight excluding hydrogens is 342 g/mol. The lowest BCUT2D eigenvalue weighted by molar-refractivity contribution is 0.516. The van der Waals surface area contributed by atoms with Crippen LogP contribution in [0.15, 0.2) is 45.3 Å². The number of nitrogens with one attached hydrogen (secondary N) is 1. The molecule has 1 aromatic heterocycles. The maximum atomic E-state index is 5.65. The zero-order chi connectivity index (χ0) is 13.9. The summed E-state index contributed by atoms with van der Waals surface area (Å²) >= 11 is 9.19. The minimum atomic E-state index is 0.373. The third kappa shape index (κ3) is 2.64. The van der Waals surface area contributed by atoms with Gasteiger partial charge >= 0.3 is 6.01 Å². The van der Waals surface area contributed by atoms with Gasteiger partial charge in [0.25, 0.3) is 0 Å². The van der Waals surface area contributed by atoms with Gasteiger partial charge in [0, 0.05) is 22.2 Å². The molecule has 6 heteroatoms. The van der Waals surface area contributed by atoms with Crippen molar-refractivity contribution in [1.29, 1.82) is 0 Å². The second kappa shape index (κ2) is 5.81. The standard InChI is InChI=1S/C14H11BrClN3O/c15-11-5-6-12(10-4-2-1-3-9(10)11)17-14-19-18-13(20-14)7-8-16/h1-6H,7-8H2,(H,17,19). The molecule has 0 atom stereocenters. The van der Waals surface area contributed by atoms with E-state index >= 15 is 0 Å². The Hall–Kier alpha value is -1.59. The molecule has 102 valence electrons. The number of benzene rings is 2. The molecule has 0 unspecified atom stereocenters. The lowest BCUT2D eigenvalue weighted by atomic mass is 10.1. The number of hydrogen-bond donors (Lipinski definition) is 1. The molecule has 20 heavy (non-hydrogen) atoms. The van der Waals surface area contributed by atoms with Crippen LogP contribution in [0.25, 0.3) is 10.8 Å². The molecule has 0 radical (unpaired) electrons. The highest BCUT2D eigenvalue weighted by molar-refractivity contribution is 9.10. The van der Waals surface area contributed by atoms with Gasteiger partial charge in [0.15, 0.2) is 0 Å². The van der Waals surface area contributed by atoms with Crippen LogP contribution < -0.4 is 5.32 Å².